The van der Waals surface area contributed by atoms with Crippen molar-refractivity contribution in [2.45, 2.75) is 19.1 Å². The first-order valence-corrected chi connectivity index (χ1v) is 11.2. The number of hydrogen-bond donors (Lipinski definition) is 1. The number of nitrogens with one attached hydrogen (secondary N) is 1. The average Bonchev–Trinajstić information content (AvgIpc) is 2.88. The van der Waals surface area contributed by atoms with Gasteiger partial charge in [-0.15, -0.1) is 0 Å². The third kappa shape index (κ3) is 4.86. The van der Waals surface area contributed by atoms with Gasteiger partial charge >= 0.3 is 0 Å². The van der Waals surface area contributed by atoms with Gasteiger partial charge in [0.15, 0.2) is 11.5 Å². The molecule has 0 bridgehead atoms. The highest BCUT2D eigenvalue weighted by molar-refractivity contribution is 5.52. The van der Waals surface area contributed by atoms with Crippen molar-refractivity contribution < 1.29 is 14.2 Å². The molecule has 1 N–H and O–H groups in total. The van der Waals surface area contributed by atoms with E-state index in [0.717, 1.165) is 41.5 Å². The minimum absolute atomic E-state index is 0.0875. The second-order valence-corrected chi connectivity index (χ2v) is 8.10. The SMILES string of the molecule is COc1cc2c(cc1OCc1ccccc1)C(c1ccc(Oc3ccccc3)cc1)NCC2. The summed E-state index contributed by atoms with van der Waals surface area (Å²) in [6.45, 7) is 1.41. The molecule has 1 aliphatic rings. The lowest BCUT2D eigenvalue weighted by Crippen LogP contribution is -2.30. The number of benzene rings is 4. The Bertz CT molecular complexity index is 1190. The molecule has 1 heterocycles. The van der Waals surface area contributed by atoms with Crippen molar-refractivity contribution in [3.05, 3.63) is 119 Å². The molecular formula is C29H27NO3. The Morgan fingerprint density at radius 2 is 1.48 bits per heavy atom. The maximum absolute atomic E-state index is 6.18. The first kappa shape index (κ1) is 21.1. The highest BCUT2D eigenvalue weighted by Crippen LogP contribution is 2.38. The van der Waals surface area contributed by atoms with Crippen molar-refractivity contribution in [3.63, 3.8) is 0 Å². The minimum Gasteiger partial charge on any atom is -0.493 e. The lowest BCUT2D eigenvalue weighted by molar-refractivity contribution is 0.283. The first-order valence-electron chi connectivity index (χ1n) is 11.2. The van der Waals surface area contributed by atoms with Gasteiger partial charge in [0.05, 0.1) is 13.2 Å². The van der Waals surface area contributed by atoms with Crippen LogP contribution < -0.4 is 19.5 Å². The van der Waals surface area contributed by atoms with Crippen LogP contribution in [0.2, 0.25) is 0 Å². The summed E-state index contributed by atoms with van der Waals surface area (Å²) in [6, 6.07) is 32.6. The van der Waals surface area contributed by atoms with Gasteiger partial charge in [0.2, 0.25) is 0 Å². The van der Waals surface area contributed by atoms with Crippen molar-refractivity contribution in [3.8, 4) is 23.0 Å². The predicted molar refractivity (Wildman–Crippen MR) is 130 cm³/mol. The van der Waals surface area contributed by atoms with Crippen LogP contribution in [0.15, 0.2) is 97.1 Å². The lowest BCUT2D eigenvalue weighted by Gasteiger charge is -2.29. The van der Waals surface area contributed by atoms with Crippen molar-refractivity contribution in [1.82, 2.24) is 5.32 Å². The van der Waals surface area contributed by atoms with Crippen LogP contribution >= 0.6 is 0 Å². The Morgan fingerprint density at radius 3 is 2.21 bits per heavy atom. The van der Waals surface area contributed by atoms with Crippen LogP contribution in [-0.4, -0.2) is 13.7 Å². The monoisotopic (exact) mass is 437 g/mol. The maximum atomic E-state index is 6.18. The van der Waals surface area contributed by atoms with Gasteiger partial charge in [-0.05, 0) is 65.1 Å². The van der Waals surface area contributed by atoms with Crippen molar-refractivity contribution in [2.75, 3.05) is 13.7 Å². The van der Waals surface area contributed by atoms with Gasteiger partial charge in [0.25, 0.3) is 0 Å². The molecule has 4 aromatic rings. The molecule has 0 fully saturated rings. The highest BCUT2D eigenvalue weighted by atomic mass is 16.5. The topological polar surface area (TPSA) is 39.7 Å². The van der Waals surface area contributed by atoms with E-state index >= 15 is 0 Å². The summed E-state index contributed by atoms with van der Waals surface area (Å²) in [7, 11) is 1.70. The Morgan fingerprint density at radius 1 is 0.788 bits per heavy atom. The smallest absolute Gasteiger partial charge is 0.162 e. The quantitative estimate of drug-likeness (QED) is 0.368. The lowest BCUT2D eigenvalue weighted by atomic mass is 9.89. The van der Waals surface area contributed by atoms with Gasteiger partial charge in [0, 0.05) is 6.54 Å². The Labute approximate surface area is 194 Å². The summed E-state index contributed by atoms with van der Waals surface area (Å²) >= 11 is 0. The molecule has 0 saturated heterocycles. The fourth-order valence-electron chi connectivity index (χ4n) is 4.22. The van der Waals surface area contributed by atoms with Crippen LogP contribution in [0.5, 0.6) is 23.0 Å². The fourth-order valence-corrected chi connectivity index (χ4v) is 4.22. The maximum Gasteiger partial charge on any atom is 0.162 e. The van der Waals surface area contributed by atoms with Crippen LogP contribution in [0.25, 0.3) is 0 Å². The van der Waals surface area contributed by atoms with E-state index in [0.29, 0.717) is 6.61 Å². The van der Waals surface area contributed by atoms with E-state index in [1.807, 2.05) is 60.7 Å². The predicted octanol–water partition coefficient (Wildman–Crippen LogP) is 6.30. The van der Waals surface area contributed by atoms with Crippen LogP contribution in [-0.2, 0) is 13.0 Å². The third-order valence-corrected chi connectivity index (χ3v) is 5.91. The van der Waals surface area contributed by atoms with Crippen LogP contribution in [0, 0.1) is 0 Å². The van der Waals surface area contributed by atoms with Crippen molar-refractivity contribution in [1.29, 1.82) is 0 Å². The van der Waals surface area contributed by atoms with Crippen molar-refractivity contribution >= 4 is 0 Å². The zero-order valence-corrected chi connectivity index (χ0v) is 18.7. The largest absolute Gasteiger partial charge is 0.493 e. The number of rotatable bonds is 7. The van der Waals surface area contributed by atoms with Crippen LogP contribution in [0.4, 0.5) is 0 Å². The van der Waals surface area contributed by atoms with Crippen LogP contribution in [0.3, 0.4) is 0 Å². The molecule has 0 amide bonds. The molecule has 33 heavy (non-hydrogen) atoms. The minimum atomic E-state index is 0.0875. The molecule has 0 aromatic heterocycles. The number of ether oxygens (including phenoxy) is 3. The molecule has 4 aromatic carbocycles. The number of fused-ring (bicyclic) bond motifs is 1. The number of hydrogen-bond acceptors (Lipinski definition) is 4. The van der Waals surface area contributed by atoms with Gasteiger partial charge in [-0.25, -0.2) is 0 Å². The molecule has 0 spiro atoms. The molecule has 166 valence electrons. The van der Waals surface area contributed by atoms with E-state index in [4.69, 9.17) is 14.2 Å². The molecule has 4 nitrogen and oxygen atoms in total. The Kier molecular flexibility index (Phi) is 6.27. The molecule has 0 radical (unpaired) electrons. The molecule has 1 atom stereocenters. The third-order valence-electron chi connectivity index (χ3n) is 5.91. The van der Waals surface area contributed by atoms with E-state index in [9.17, 15) is 0 Å². The standard InChI is InChI=1S/C29H27NO3/c1-31-27-18-23-16-17-30-29(26(23)19-28(27)32-20-21-8-4-2-5-9-21)22-12-14-25(15-13-22)33-24-10-6-3-7-11-24/h2-15,18-19,29-30H,16-17,20H2,1H3. The summed E-state index contributed by atoms with van der Waals surface area (Å²) in [5.74, 6) is 3.19. The molecule has 0 saturated carbocycles. The van der Waals surface area contributed by atoms with Gasteiger partial charge in [-0.3, -0.25) is 0 Å². The molecule has 4 heteroatoms. The van der Waals surface area contributed by atoms with E-state index in [2.05, 4.69) is 41.7 Å². The average molecular weight is 438 g/mol. The first-order chi connectivity index (χ1) is 16.3. The van der Waals surface area contributed by atoms with Crippen LogP contribution in [0.1, 0.15) is 28.3 Å². The van der Waals surface area contributed by atoms with Gasteiger partial charge in [-0.2, -0.15) is 0 Å². The highest BCUT2D eigenvalue weighted by Gasteiger charge is 2.24. The van der Waals surface area contributed by atoms with Gasteiger partial charge < -0.3 is 19.5 Å². The van der Waals surface area contributed by atoms with Gasteiger partial charge in [-0.1, -0.05) is 60.7 Å². The van der Waals surface area contributed by atoms with Gasteiger partial charge in [0.1, 0.15) is 18.1 Å². The Hall–Kier alpha value is -3.76. The molecule has 5 rings (SSSR count). The molecule has 0 aliphatic carbocycles. The number of para-hydroxylation sites is 1. The Balaban J connectivity index is 1.39. The molecule has 1 aliphatic heterocycles. The normalized spacial score (nSPS) is 14.9. The second kappa shape index (κ2) is 9.80. The fraction of sp³-hybridized carbons (Fsp3) is 0.172. The van der Waals surface area contributed by atoms with E-state index in [-0.39, 0.29) is 6.04 Å². The zero-order valence-electron chi connectivity index (χ0n) is 18.7. The summed E-state index contributed by atoms with van der Waals surface area (Å²) in [5.41, 5.74) is 4.82. The second-order valence-electron chi connectivity index (χ2n) is 8.10. The summed E-state index contributed by atoms with van der Waals surface area (Å²) in [6.07, 6.45) is 0.955. The van der Waals surface area contributed by atoms with E-state index in [1.165, 1.54) is 16.7 Å². The summed E-state index contributed by atoms with van der Waals surface area (Å²) in [4.78, 5) is 0. The number of methoxy groups -OCH3 is 1. The zero-order chi connectivity index (χ0) is 22.5. The van der Waals surface area contributed by atoms with Crippen molar-refractivity contribution in [2.24, 2.45) is 0 Å². The summed E-state index contributed by atoms with van der Waals surface area (Å²) in [5, 5.41) is 3.66. The molecule has 1 unspecified atom stereocenters. The van der Waals surface area contributed by atoms with E-state index < -0.39 is 0 Å². The summed E-state index contributed by atoms with van der Waals surface area (Å²) < 4.78 is 17.8. The van der Waals surface area contributed by atoms with E-state index in [1.54, 1.807) is 7.11 Å². The molecular weight excluding hydrogens is 410 g/mol.